The van der Waals surface area contributed by atoms with Crippen molar-refractivity contribution in [2.75, 3.05) is 0 Å². The predicted molar refractivity (Wildman–Crippen MR) is 44.0 cm³/mol. The molecule has 0 radical (unpaired) electrons. The van der Waals surface area contributed by atoms with E-state index in [0.29, 0.717) is 17.1 Å². The molecule has 0 atom stereocenters. The highest BCUT2D eigenvalue weighted by Crippen LogP contribution is 2.18. The Morgan fingerprint density at radius 3 is 2.73 bits per heavy atom. The first kappa shape index (κ1) is 8.50. The molecule has 11 heavy (non-hydrogen) atoms. The van der Waals surface area contributed by atoms with Gasteiger partial charge < -0.3 is 5.73 Å². The van der Waals surface area contributed by atoms with Gasteiger partial charge in [0.15, 0.2) is 0 Å². The molecule has 1 nitrogen and oxygen atoms in total. The van der Waals surface area contributed by atoms with Gasteiger partial charge in [0.1, 0.15) is 5.82 Å². The minimum absolute atomic E-state index is 0.294. The normalized spacial score (nSPS) is 10.2. The van der Waals surface area contributed by atoms with Crippen LogP contribution < -0.4 is 5.73 Å². The molecular formula is C8H9ClFN. The molecule has 0 unspecified atom stereocenters. The second-order valence-corrected chi connectivity index (χ2v) is 2.81. The van der Waals surface area contributed by atoms with Crippen LogP contribution in [0.2, 0.25) is 5.02 Å². The molecule has 1 aromatic carbocycles. The summed E-state index contributed by atoms with van der Waals surface area (Å²) in [6.45, 7) is 2.01. The van der Waals surface area contributed by atoms with Gasteiger partial charge >= 0.3 is 0 Å². The molecule has 0 aliphatic rings. The highest BCUT2D eigenvalue weighted by molar-refractivity contribution is 6.30. The van der Waals surface area contributed by atoms with Crippen molar-refractivity contribution in [3.63, 3.8) is 0 Å². The van der Waals surface area contributed by atoms with Crippen molar-refractivity contribution in [1.82, 2.24) is 0 Å². The lowest BCUT2D eigenvalue weighted by Crippen LogP contribution is -2.00. The molecule has 3 heteroatoms. The molecule has 1 aromatic rings. The number of halogens is 2. The van der Waals surface area contributed by atoms with Gasteiger partial charge in [0.05, 0.1) is 0 Å². The molecule has 0 spiro atoms. The Hall–Kier alpha value is -0.600. The van der Waals surface area contributed by atoms with Gasteiger partial charge in [-0.2, -0.15) is 0 Å². The summed E-state index contributed by atoms with van der Waals surface area (Å²) in [7, 11) is 0. The van der Waals surface area contributed by atoms with Gasteiger partial charge in [0.25, 0.3) is 0 Å². The zero-order chi connectivity index (χ0) is 8.43. The molecule has 0 amide bonds. The summed E-state index contributed by atoms with van der Waals surface area (Å²) in [6.07, 6.45) is 0. The van der Waals surface area contributed by atoms with Crippen molar-refractivity contribution in [2.45, 2.75) is 13.5 Å². The van der Waals surface area contributed by atoms with Crippen molar-refractivity contribution in [1.29, 1.82) is 0 Å². The fourth-order valence-corrected chi connectivity index (χ4v) is 1.14. The van der Waals surface area contributed by atoms with E-state index in [1.54, 1.807) is 13.0 Å². The molecule has 0 bridgehead atoms. The first-order chi connectivity index (χ1) is 5.15. The number of rotatable bonds is 1. The summed E-state index contributed by atoms with van der Waals surface area (Å²) in [6, 6.07) is 2.97. The second-order valence-electron chi connectivity index (χ2n) is 2.38. The summed E-state index contributed by atoms with van der Waals surface area (Å²) < 4.78 is 12.9. The van der Waals surface area contributed by atoms with Crippen LogP contribution in [-0.4, -0.2) is 0 Å². The number of nitrogens with two attached hydrogens (primary N) is 1. The van der Waals surface area contributed by atoms with Gasteiger partial charge in [0, 0.05) is 11.6 Å². The van der Waals surface area contributed by atoms with E-state index in [9.17, 15) is 4.39 Å². The fourth-order valence-electron chi connectivity index (χ4n) is 0.911. The lowest BCUT2D eigenvalue weighted by atomic mass is 10.1. The Morgan fingerprint density at radius 1 is 1.55 bits per heavy atom. The molecule has 2 N–H and O–H groups in total. The topological polar surface area (TPSA) is 26.0 Å². The van der Waals surface area contributed by atoms with E-state index < -0.39 is 0 Å². The molecular weight excluding hydrogens is 165 g/mol. The van der Waals surface area contributed by atoms with E-state index in [0.717, 1.165) is 5.56 Å². The Bertz CT molecular complexity index is 273. The van der Waals surface area contributed by atoms with Crippen LogP contribution in [0.4, 0.5) is 4.39 Å². The van der Waals surface area contributed by atoms with Crippen LogP contribution in [0.5, 0.6) is 0 Å². The summed E-state index contributed by atoms with van der Waals surface area (Å²) in [5, 5.41) is 0.397. The van der Waals surface area contributed by atoms with Crippen LogP contribution >= 0.6 is 11.6 Å². The van der Waals surface area contributed by atoms with E-state index in [-0.39, 0.29) is 5.82 Å². The Balaban J connectivity index is 3.24. The standard InChI is InChI=1S/C8H9ClFN/c1-5-6(4-11)2-7(9)3-8(5)10/h2-3H,4,11H2,1H3. The number of benzene rings is 1. The van der Waals surface area contributed by atoms with E-state index in [2.05, 4.69) is 0 Å². The maximum Gasteiger partial charge on any atom is 0.127 e. The Morgan fingerprint density at radius 2 is 2.18 bits per heavy atom. The van der Waals surface area contributed by atoms with Crippen LogP contribution in [0.3, 0.4) is 0 Å². The molecule has 60 valence electrons. The van der Waals surface area contributed by atoms with E-state index in [1.807, 2.05) is 0 Å². The Kier molecular flexibility index (Phi) is 2.47. The quantitative estimate of drug-likeness (QED) is 0.693. The van der Waals surface area contributed by atoms with E-state index in [4.69, 9.17) is 17.3 Å². The highest BCUT2D eigenvalue weighted by Gasteiger charge is 2.03. The summed E-state index contributed by atoms with van der Waals surface area (Å²) in [5.74, 6) is -0.294. The van der Waals surface area contributed by atoms with Gasteiger partial charge in [-0.3, -0.25) is 0 Å². The van der Waals surface area contributed by atoms with Crippen molar-refractivity contribution in [3.8, 4) is 0 Å². The first-order valence-corrected chi connectivity index (χ1v) is 3.67. The minimum Gasteiger partial charge on any atom is -0.326 e. The molecule has 0 heterocycles. The average Bonchev–Trinajstić information content (AvgIpc) is 1.96. The molecule has 0 fully saturated rings. The van der Waals surface area contributed by atoms with Gasteiger partial charge in [-0.25, -0.2) is 4.39 Å². The van der Waals surface area contributed by atoms with Crippen molar-refractivity contribution in [2.24, 2.45) is 5.73 Å². The van der Waals surface area contributed by atoms with E-state index in [1.165, 1.54) is 6.07 Å². The van der Waals surface area contributed by atoms with Crippen LogP contribution in [0, 0.1) is 12.7 Å². The van der Waals surface area contributed by atoms with Gasteiger partial charge in [-0.15, -0.1) is 0 Å². The molecule has 0 saturated carbocycles. The van der Waals surface area contributed by atoms with Crippen LogP contribution in [0.15, 0.2) is 12.1 Å². The summed E-state index contributed by atoms with van der Waals surface area (Å²) >= 11 is 5.61. The SMILES string of the molecule is Cc1c(F)cc(Cl)cc1CN. The summed E-state index contributed by atoms with van der Waals surface area (Å²) in [5.41, 5.74) is 6.70. The Labute approximate surface area is 70.0 Å². The monoisotopic (exact) mass is 173 g/mol. The highest BCUT2D eigenvalue weighted by atomic mass is 35.5. The molecule has 0 aliphatic carbocycles. The number of hydrogen-bond donors (Lipinski definition) is 1. The molecule has 0 saturated heterocycles. The van der Waals surface area contributed by atoms with Crippen LogP contribution in [-0.2, 0) is 6.54 Å². The fraction of sp³-hybridized carbons (Fsp3) is 0.250. The zero-order valence-electron chi connectivity index (χ0n) is 6.20. The second kappa shape index (κ2) is 3.20. The first-order valence-electron chi connectivity index (χ1n) is 3.29. The summed E-state index contributed by atoms with van der Waals surface area (Å²) in [4.78, 5) is 0. The van der Waals surface area contributed by atoms with Crippen molar-refractivity contribution < 1.29 is 4.39 Å². The maximum atomic E-state index is 12.9. The largest absolute Gasteiger partial charge is 0.326 e. The minimum atomic E-state index is -0.294. The van der Waals surface area contributed by atoms with Crippen molar-refractivity contribution in [3.05, 3.63) is 34.1 Å². The molecule has 0 aromatic heterocycles. The van der Waals surface area contributed by atoms with Gasteiger partial charge in [-0.05, 0) is 30.2 Å². The average molecular weight is 174 g/mol. The van der Waals surface area contributed by atoms with Gasteiger partial charge in [-0.1, -0.05) is 11.6 Å². The van der Waals surface area contributed by atoms with E-state index >= 15 is 0 Å². The molecule has 0 aliphatic heterocycles. The lowest BCUT2D eigenvalue weighted by molar-refractivity contribution is 0.615. The predicted octanol–water partition coefficient (Wildman–Crippen LogP) is 2.25. The third-order valence-corrected chi connectivity index (χ3v) is 1.85. The van der Waals surface area contributed by atoms with Gasteiger partial charge in [0.2, 0.25) is 0 Å². The zero-order valence-corrected chi connectivity index (χ0v) is 6.95. The van der Waals surface area contributed by atoms with Crippen molar-refractivity contribution >= 4 is 11.6 Å². The molecule has 1 rings (SSSR count). The van der Waals surface area contributed by atoms with Crippen LogP contribution in [0.1, 0.15) is 11.1 Å². The smallest absolute Gasteiger partial charge is 0.127 e. The van der Waals surface area contributed by atoms with Crippen LogP contribution in [0.25, 0.3) is 0 Å². The lowest BCUT2D eigenvalue weighted by Gasteiger charge is -2.03. The third kappa shape index (κ3) is 1.70. The third-order valence-electron chi connectivity index (χ3n) is 1.64. The number of hydrogen-bond acceptors (Lipinski definition) is 1. The maximum absolute atomic E-state index is 12.9.